The van der Waals surface area contributed by atoms with E-state index in [2.05, 4.69) is 39.3 Å². The number of alkyl halides is 3. The van der Waals surface area contributed by atoms with E-state index >= 15 is 0 Å². The Morgan fingerprint density at radius 1 is 1.00 bits per heavy atom. The molecule has 7 nitrogen and oxygen atoms in total. The first-order chi connectivity index (χ1) is 20.9. The van der Waals surface area contributed by atoms with Crippen LogP contribution in [0.1, 0.15) is 74.8 Å². The molecule has 10 heteroatoms. The Morgan fingerprint density at radius 3 is 2.34 bits per heavy atom. The first kappa shape index (κ1) is 31.3. The molecular formula is C34H38F3N3O4. The molecule has 2 heterocycles. The number of halogens is 3. The van der Waals surface area contributed by atoms with Gasteiger partial charge in [-0.05, 0) is 112 Å². The fourth-order valence-electron chi connectivity index (χ4n) is 6.17. The minimum atomic E-state index is -4.73. The lowest BCUT2D eigenvalue weighted by Crippen LogP contribution is -2.36. The van der Waals surface area contributed by atoms with Crippen molar-refractivity contribution in [2.24, 2.45) is 17.3 Å². The Hall–Kier alpha value is -4.08. The summed E-state index contributed by atoms with van der Waals surface area (Å²) in [7, 11) is 0. The van der Waals surface area contributed by atoms with Crippen LogP contribution in [0.3, 0.4) is 0 Å². The molecule has 2 aliphatic rings. The van der Waals surface area contributed by atoms with E-state index in [4.69, 9.17) is 4.74 Å². The van der Waals surface area contributed by atoms with Crippen LogP contribution in [0.15, 0.2) is 72.8 Å². The highest BCUT2D eigenvalue weighted by Gasteiger charge is 2.40. The third kappa shape index (κ3) is 7.34. The topological polar surface area (TPSA) is 81.9 Å². The maximum atomic E-state index is 12.8. The number of hydrogen-bond donors (Lipinski definition) is 1. The zero-order valence-electron chi connectivity index (χ0n) is 25.2. The number of allylic oxidation sites excluding steroid dienone is 2. The Balaban J connectivity index is 1.16. The van der Waals surface area contributed by atoms with E-state index in [1.807, 2.05) is 43.5 Å². The number of aromatic nitrogens is 2. The van der Waals surface area contributed by atoms with Crippen LogP contribution < -0.4 is 5.32 Å². The number of esters is 1. The molecule has 1 N–H and O–H groups in total. The van der Waals surface area contributed by atoms with Gasteiger partial charge < -0.3 is 19.2 Å². The highest BCUT2D eigenvalue weighted by atomic mass is 19.4. The minimum absolute atomic E-state index is 0.107. The van der Waals surface area contributed by atoms with Gasteiger partial charge in [0.05, 0.1) is 12.0 Å². The predicted octanol–water partition coefficient (Wildman–Crippen LogP) is 7.59. The van der Waals surface area contributed by atoms with E-state index in [0.29, 0.717) is 30.5 Å². The molecule has 2 aliphatic carbocycles. The monoisotopic (exact) mass is 609 g/mol. The Kier molecular flexibility index (Phi) is 9.18. The highest BCUT2D eigenvalue weighted by molar-refractivity contribution is 5.93. The van der Waals surface area contributed by atoms with Gasteiger partial charge in [-0.1, -0.05) is 30.3 Å². The van der Waals surface area contributed by atoms with Crippen molar-refractivity contribution in [3.05, 3.63) is 84.0 Å². The maximum Gasteiger partial charge on any atom is 0.573 e. The summed E-state index contributed by atoms with van der Waals surface area (Å²) < 4.78 is 48.2. The molecule has 1 atom stereocenters. The SMILES string of the molecule is CCOC(=O)C(C)(C)C1CCC(c2ccc(-c3ccc4nc(C(=O)NCC5C=CC(OC(F)(F)F)=CC5)cn4c3)cc2)CC1. The van der Waals surface area contributed by atoms with Crippen molar-refractivity contribution >= 4 is 17.5 Å². The average Bonchev–Trinajstić information content (AvgIpc) is 3.44. The number of pyridine rings is 1. The molecule has 234 valence electrons. The minimum Gasteiger partial charge on any atom is -0.466 e. The van der Waals surface area contributed by atoms with Crippen molar-refractivity contribution in [1.82, 2.24) is 14.7 Å². The first-order valence-electron chi connectivity index (χ1n) is 15.1. The third-order valence-electron chi connectivity index (χ3n) is 8.86. The molecule has 5 rings (SSSR count). The van der Waals surface area contributed by atoms with Gasteiger partial charge in [-0.2, -0.15) is 0 Å². The molecule has 0 bridgehead atoms. The van der Waals surface area contributed by atoms with Gasteiger partial charge in [0.2, 0.25) is 0 Å². The molecule has 0 spiro atoms. The van der Waals surface area contributed by atoms with Gasteiger partial charge in [-0.15, -0.1) is 13.2 Å². The second-order valence-corrected chi connectivity index (χ2v) is 12.1. The molecule has 0 saturated heterocycles. The smallest absolute Gasteiger partial charge is 0.466 e. The number of nitrogens with zero attached hydrogens (tertiary/aromatic N) is 2. The number of ether oxygens (including phenoxy) is 2. The van der Waals surface area contributed by atoms with Gasteiger partial charge in [0.25, 0.3) is 5.91 Å². The molecule has 2 aromatic heterocycles. The molecule has 1 aromatic carbocycles. The number of hydrogen-bond acceptors (Lipinski definition) is 5. The summed E-state index contributed by atoms with van der Waals surface area (Å²) in [6.07, 6.45) is 7.52. The number of amides is 1. The number of benzene rings is 1. The second-order valence-electron chi connectivity index (χ2n) is 12.1. The van der Waals surface area contributed by atoms with Crippen molar-refractivity contribution in [2.75, 3.05) is 13.2 Å². The molecule has 1 fully saturated rings. The lowest BCUT2D eigenvalue weighted by atomic mass is 9.67. The van der Waals surface area contributed by atoms with Gasteiger partial charge in [-0.25, -0.2) is 4.98 Å². The van der Waals surface area contributed by atoms with Crippen molar-refractivity contribution in [2.45, 2.75) is 65.2 Å². The van der Waals surface area contributed by atoms with E-state index < -0.39 is 11.8 Å². The van der Waals surface area contributed by atoms with Gasteiger partial charge in [0.15, 0.2) is 0 Å². The van der Waals surface area contributed by atoms with Gasteiger partial charge in [-0.3, -0.25) is 9.59 Å². The fraction of sp³-hybridized carbons (Fsp3) is 0.441. The Morgan fingerprint density at radius 2 is 1.70 bits per heavy atom. The van der Waals surface area contributed by atoms with Crippen LogP contribution in [0, 0.1) is 17.3 Å². The molecule has 3 aromatic rings. The Bertz CT molecular complexity index is 1550. The number of rotatable bonds is 9. The number of nitrogens with one attached hydrogen (secondary N) is 1. The van der Waals surface area contributed by atoms with E-state index in [1.54, 1.807) is 12.3 Å². The van der Waals surface area contributed by atoms with Crippen LogP contribution in [0.2, 0.25) is 0 Å². The van der Waals surface area contributed by atoms with Crippen molar-refractivity contribution in [3.63, 3.8) is 0 Å². The Labute approximate surface area is 255 Å². The van der Waals surface area contributed by atoms with Crippen LogP contribution >= 0.6 is 0 Å². The molecule has 1 amide bonds. The van der Waals surface area contributed by atoms with Crippen LogP contribution in [0.25, 0.3) is 16.8 Å². The molecule has 44 heavy (non-hydrogen) atoms. The van der Waals surface area contributed by atoms with E-state index in [-0.39, 0.29) is 35.8 Å². The van der Waals surface area contributed by atoms with Crippen LogP contribution in [0.4, 0.5) is 13.2 Å². The quantitative estimate of drug-likeness (QED) is 0.253. The normalized spacial score (nSPS) is 20.7. The standard InChI is InChI=1S/C34H38F3N3O4/c1-4-43-32(42)33(2,3)27-14-11-24(12-15-27)23-7-9-25(10-8-23)26-13-18-30-39-29(21-40(30)20-26)31(41)38-19-22-5-16-28(17-6-22)44-34(35,36)37/h5,7-10,13,16-18,20-22,24,27H,4,6,11-12,14-15,19H2,1-3H3,(H,38,41). The number of carbonyl (C=O) groups excluding carboxylic acids is 2. The zero-order valence-corrected chi connectivity index (χ0v) is 25.2. The first-order valence-corrected chi connectivity index (χ1v) is 15.1. The van der Waals surface area contributed by atoms with Crippen molar-refractivity contribution in [3.8, 4) is 11.1 Å². The van der Waals surface area contributed by atoms with E-state index in [9.17, 15) is 22.8 Å². The number of carbonyl (C=O) groups is 2. The second kappa shape index (κ2) is 12.9. The van der Waals surface area contributed by atoms with Crippen LogP contribution in [-0.4, -0.2) is 40.8 Å². The van der Waals surface area contributed by atoms with Crippen molar-refractivity contribution in [1.29, 1.82) is 0 Å². The highest BCUT2D eigenvalue weighted by Crippen LogP contribution is 2.44. The van der Waals surface area contributed by atoms with Gasteiger partial charge in [0.1, 0.15) is 17.1 Å². The molecule has 0 radical (unpaired) electrons. The summed E-state index contributed by atoms with van der Waals surface area (Å²) >= 11 is 0. The van der Waals surface area contributed by atoms with Gasteiger partial charge in [0, 0.05) is 18.9 Å². The van der Waals surface area contributed by atoms with Crippen LogP contribution in [-0.2, 0) is 14.3 Å². The maximum absolute atomic E-state index is 12.8. The zero-order chi connectivity index (χ0) is 31.5. The molecule has 1 unspecified atom stereocenters. The van der Waals surface area contributed by atoms with Crippen molar-refractivity contribution < 1.29 is 32.2 Å². The molecule has 1 saturated carbocycles. The summed E-state index contributed by atoms with van der Waals surface area (Å²) in [5, 5.41) is 2.82. The number of imidazole rings is 1. The van der Waals surface area contributed by atoms with E-state index in [1.165, 1.54) is 17.7 Å². The number of fused-ring (bicyclic) bond motifs is 1. The lowest BCUT2D eigenvalue weighted by Gasteiger charge is -2.37. The summed E-state index contributed by atoms with van der Waals surface area (Å²) in [6.45, 7) is 6.52. The summed E-state index contributed by atoms with van der Waals surface area (Å²) in [5.74, 6) is -0.0600. The lowest BCUT2D eigenvalue weighted by molar-refractivity contribution is -0.303. The fourth-order valence-corrected chi connectivity index (χ4v) is 6.17. The summed E-state index contributed by atoms with van der Waals surface area (Å²) in [4.78, 5) is 29.6. The summed E-state index contributed by atoms with van der Waals surface area (Å²) in [5.41, 5.74) is 3.77. The molecule has 0 aliphatic heterocycles. The summed E-state index contributed by atoms with van der Waals surface area (Å²) in [6, 6.07) is 12.4. The average molecular weight is 610 g/mol. The predicted molar refractivity (Wildman–Crippen MR) is 161 cm³/mol. The third-order valence-corrected chi connectivity index (χ3v) is 8.86. The van der Waals surface area contributed by atoms with Gasteiger partial charge >= 0.3 is 12.3 Å². The van der Waals surface area contributed by atoms with Crippen LogP contribution in [0.5, 0.6) is 0 Å². The largest absolute Gasteiger partial charge is 0.573 e. The molecular weight excluding hydrogens is 571 g/mol. The van der Waals surface area contributed by atoms with E-state index in [0.717, 1.165) is 36.8 Å².